The molecule has 1 amide bonds. The minimum Gasteiger partial charge on any atom is -0.388 e. The number of aliphatic imine (C=N–C) groups is 1. The number of carbonyl (C=O) groups is 1. The lowest BCUT2D eigenvalue weighted by molar-refractivity contribution is -0.122. The summed E-state index contributed by atoms with van der Waals surface area (Å²) in [6, 6.07) is 7.25. The SMILES string of the molecule is CC(N)=NCc1cccc(CNC(=O)[C@@H](N)CS)c1. The van der Waals surface area contributed by atoms with Crippen LogP contribution >= 0.6 is 12.6 Å². The van der Waals surface area contributed by atoms with Crippen LogP contribution in [0.4, 0.5) is 0 Å². The van der Waals surface area contributed by atoms with Crippen LogP contribution in [0.15, 0.2) is 29.3 Å². The van der Waals surface area contributed by atoms with E-state index >= 15 is 0 Å². The number of nitrogens with one attached hydrogen (secondary N) is 1. The molecule has 0 saturated heterocycles. The maximum absolute atomic E-state index is 11.5. The fourth-order valence-electron chi connectivity index (χ4n) is 1.46. The Kier molecular flexibility index (Phi) is 6.38. The Morgan fingerprint density at radius 1 is 1.47 bits per heavy atom. The van der Waals surface area contributed by atoms with Crippen LogP contribution in [0, 0.1) is 0 Å². The average molecular weight is 280 g/mol. The molecule has 19 heavy (non-hydrogen) atoms. The predicted molar refractivity (Wildman–Crippen MR) is 81.1 cm³/mol. The van der Waals surface area contributed by atoms with Gasteiger partial charge in [0.05, 0.1) is 18.4 Å². The van der Waals surface area contributed by atoms with Crippen molar-refractivity contribution in [3.05, 3.63) is 35.4 Å². The number of thiol groups is 1. The Morgan fingerprint density at radius 2 is 2.16 bits per heavy atom. The predicted octanol–water partition coefficient (Wildman–Crippen LogP) is 0.437. The molecular formula is C13H20N4OS. The zero-order valence-corrected chi connectivity index (χ0v) is 11.9. The zero-order chi connectivity index (χ0) is 14.3. The van der Waals surface area contributed by atoms with Crippen LogP contribution in [0.5, 0.6) is 0 Å². The van der Waals surface area contributed by atoms with Crippen molar-refractivity contribution in [1.29, 1.82) is 0 Å². The van der Waals surface area contributed by atoms with Crippen LogP contribution in [0.25, 0.3) is 0 Å². The van der Waals surface area contributed by atoms with Crippen molar-refractivity contribution in [1.82, 2.24) is 5.32 Å². The van der Waals surface area contributed by atoms with Crippen molar-refractivity contribution in [3.8, 4) is 0 Å². The third-order valence-electron chi connectivity index (χ3n) is 2.50. The molecule has 0 aliphatic carbocycles. The van der Waals surface area contributed by atoms with Gasteiger partial charge in [0.15, 0.2) is 0 Å². The number of benzene rings is 1. The molecule has 6 heteroatoms. The first-order valence-corrected chi connectivity index (χ1v) is 6.64. The minimum atomic E-state index is -0.573. The molecule has 0 unspecified atom stereocenters. The van der Waals surface area contributed by atoms with Gasteiger partial charge in [0, 0.05) is 12.3 Å². The lowest BCUT2D eigenvalue weighted by Crippen LogP contribution is -2.41. The van der Waals surface area contributed by atoms with E-state index in [4.69, 9.17) is 11.5 Å². The summed E-state index contributed by atoms with van der Waals surface area (Å²) in [4.78, 5) is 15.7. The molecule has 0 heterocycles. The highest BCUT2D eigenvalue weighted by molar-refractivity contribution is 7.80. The van der Waals surface area contributed by atoms with E-state index in [1.807, 2.05) is 24.3 Å². The van der Waals surface area contributed by atoms with Crippen LogP contribution < -0.4 is 16.8 Å². The van der Waals surface area contributed by atoms with Crippen molar-refractivity contribution in [2.24, 2.45) is 16.5 Å². The maximum Gasteiger partial charge on any atom is 0.238 e. The van der Waals surface area contributed by atoms with E-state index in [0.717, 1.165) is 11.1 Å². The van der Waals surface area contributed by atoms with Crippen LogP contribution in [-0.2, 0) is 17.9 Å². The number of hydrogen-bond acceptors (Lipinski definition) is 4. The molecule has 104 valence electrons. The van der Waals surface area contributed by atoms with E-state index in [1.165, 1.54) is 0 Å². The highest BCUT2D eigenvalue weighted by atomic mass is 32.1. The average Bonchev–Trinajstić information content (AvgIpc) is 2.42. The van der Waals surface area contributed by atoms with Crippen molar-refractivity contribution < 1.29 is 4.79 Å². The molecule has 1 rings (SSSR count). The second-order valence-electron chi connectivity index (χ2n) is 4.28. The fourth-order valence-corrected chi connectivity index (χ4v) is 1.62. The van der Waals surface area contributed by atoms with Crippen LogP contribution in [-0.4, -0.2) is 23.5 Å². The number of nitrogens with zero attached hydrogens (tertiary/aromatic N) is 1. The monoisotopic (exact) mass is 280 g/mol. The van der Waals surface area contributed by atoms with Crippen LogP contribution in [0.2, 0.25) is 0 Å². The molecule has 0 saturated carbocycles. The first kappa shape index (κ1) is 15.5. The van der Waals surface area contributed by atoms with Gasteiger partial charge in [-0.15, -0.1) is 0 Å². The fraction of sp³-hybridized carbons (Fsp3) is 0.385. The second kappa shape index (κ2) is 7.81. The molecule has 5 nitrogen and oxygen atoms in total. The van der Waals surface area contributed by atoms with Gasteiger partial charge >= 0.3 is 0 Å². The maximum atomic E-state index is 11.5. The summed E-state index contributed by atoms with van der Waals surface area (Å²) < 4.78 is 0. The van der Waals surface area contributed by atoms with E-state index in [0.29, 0.717) is 24.7 Å². The molecule has 0 aliphatic heterocycles. The summed E-state index contributed by atoms with van der Waals surface area (Å²) in [7, 11) is 0. The topological polar surface area (TPSA) is 93.5 Å². The van der Waals surface area contributed by atoms with Crippen LogP contribution in [0.3, 0.4) is 0 Å². The van der Waals surface area contributed by atoms with Gasteiger partial charge in [0.25, 0.3) is 0 Å². The number of amides is 1. The molecule has 0 aromatic heterocycles. The first-order valence-electron chi connectivity index (χ1n) is 6.01. The van der Waals surface area contributed by atoms with Crippen molar-refractivity contribution in [3.63, 3.8) is 0 Å². The van der Waals surface area contributed by atoms with Crippen molar-refractivity contribution >= 4 is 24.4 Å². The Morgan fingerprint density at radius 3 is 2.79 bits per heavy atom. The molecule has 0 bridgehead atoms. The van der Waals surface area contributed by atoms with Gasteiger partial charge in [0.1, 0.15) is 0 Å². The van der Waals surface area contributed by atoms with Gasteiger partial charge in [-0.1, -0.05) is 24.3 Å². The van der Waals surface area contributed by atoms with Gasteiger partial charge in [-0.3, -0.25) is 9.79 Å². The lowest BCUT2D eigenvalue weighted by atomic mass is 10.1. The normalized spacial score (nSPS) is 13.1. The second-order valence-corrected chi connectivity index (χ2v) is 4.65. The molecule has 1 atom stereocenters. The minimum absolute atomic E-state index is 0.198. The quantitative estimate of drug-likeness (QED) is 0.346. The third-order valence-corrected chi connectivity index (χ3v) is 2.90. The van der Waals surface area contributed by atoms with Crippen molar-refractivity contribution in [2.45, 2.75) is 26.1 Å². The summed E-state index contributed by atoms with van der Waals surface area (Å²) in [6.07, 6.45) is 0. The van der Waals surface area contributed by atoms with Gasteiger partial charge in [-0.25, -0.2) is 0 Å². The Bertz CT molecular complexity index is 458. The molecular weight excluding hydrogens is 260 g/mol. The van der Waals surface area contributed by atoms with Crippen LogP contribution in [0.1, 0.15) is 18.1 Å². The smallest absolute Gasteiger partial charge is 0.238 e. The van der Waals surface area contributed by atoms with Gasteiger partial charge < -0.3 is 16.8 Å². The summed E-state index contributed by atoms with van der Waals surface area (Å²) in [5, 5.41) is 2.77. The molecule has 0 aliphatic rings. The van der Waals surface area contributed by atoms with E-state index in [9.17, 15) is 4.79 Å². The highest BCUT2D eigenvalue weighted by Crippen LogP contribution is 2.06. The molecule has 5 N–H and O–H groups in total. The number of amidine groups is 1. The summed E-state index contributed by atoms with van der Waals surface area (Å²) >= 11 is 3.99. The van der Waals surface area contributed by atoms with Gasteiger partial charge in [-0.05, 0) is 18.1 Å². The Labute approximate surface area is 118 Å². The molecule has 1 aromatic rings. The van der Waals surface area contributed by atoms with Crippen molar-refractivity contribution in [2.75, 3.05) is 5.75 Å². The van der Waals surface area contributed by atoms with Gasteiger partial charge in [-0.2, -0.15) is 12.6 Å². The highest BCUT2D eigenvalue weighted by Gasteiger charge is 2.10. The first-order chi connectivity index (χ1) is 9.02. The summed E-state index contributed by atoms with van der Waals surface area (Å²) in [5.74, 6) is 0.686. The zero-order valence-electron chi connectivity index (χ0n) is 11.0. The standard InChI is InChI=1S/C13H20N4OS/c1-9(14)16-6-10-3-2-4-11(5-10)7-17-13(18)12(15)8-19/h2-5,12,19H,6-8,15H2,1H3,(H2,14,16)(H,17,18)/t12-/m0/s1. The van der Waals surface area contributed by atoms with E-state index in [1.54, 1.807) is 6.92 Å². The molecule has 0 fully saturated rings. The van der Waals surface area contributed by atoms with Gasteiger partial charge in [0.2, 0.25) is 5.91 Å². The molecule has 0 spiro atoms. The van der Waals surface area contributed by atoms with E-state index in [2.05, 4.69) is 22.9 Å². The van der Waals surface area contributed by atoms with E-state index in [-0.39, 0.29) is 5.91 Å². The van der Waals surface area contributed by atoms with E-state index < -0.39 is 6.04 Å². The number of rotatable bonds is 6. The molecule has 1 aromatic carbocycles. The Hall–Kier alpha value is -1.53. The number of carbonyl (C=O) groups excluding carboxylic acids is 1. The number of nitrogens with two attached hydrogens (primary N) is 2. The summed E-state index contributed by atoms with van der Waals surface area (Å²) in [6.45, 7) is 2.74. The molecule has 0 radical (unpaired) electrons. The Balaban J connectivity index is 2.57. The largest absolute Gasteiger partial charge is 0.388 e. The number of hydrogen-bond donors (Lipinski definition) is 4. The third kappa shape index (κ3) is 5.76. The summed E-state index contributed by atoms with van der Waals surface area (Å²) in [5.41, 5.74) is 13.1. The lowest BCUT2D eigenvalue weighted by Gasteiger charge is -2.10.